The number of carbonyl (C=O) groups is 1. The number of hydrogen-bond donors (Lipinski definition) is 1. The highest BCUT2D eigenvalue weighted by atomic mass is 32.1. The topological polar surface area (TPSA) is 54.9 Å². The molecule has 0 aliphatic heterocycles. The second-order valence-electron chi connectivity index (χ2n) is 4.06. The van der Waals surface area contributed by atoms with Crippen LogP contribution in [0.2, 0.25) is 0 Å². The molecule has 1 heterocycles. The monoisotopic (exact) mass is 283 g/mol. The minimum absolute atomic E-state index is 0.157. The van der Waals surface area contributed by atoms with Crippen molar-refractivity contribution in [2.45, 2.75) is 20.3 Å². The quantitative estimate of drug-likeness (QED) is 0.939. The van der Waals surface area contributed by atoms with Gasteiger partial charge in [-0.1, -0.05) is 16.6 Å². The van der Waals surface area contributed by atoms with Crippen molar-refractivity contribution in [1.82, 2.24) is 9.59 Å². The Hall–Kier alpha value is -1.89. The zero-order chi connectivity index (χ0) is 14.0. The Bertz CT molecular complexity index is 613. The Morgan fingerprint density at radius 2 is 2.11 bits per heavy atom. The van der Waals surface area contributed by atoms with Crippen LogP contribution in [-0.2, 0) is 0 Å². The van der Waals surface area contributed by atoms with Crippen molar-refractivity contribution in [3.63, 3.8) is 0 Å². The molecule has 1 amide bonds. The van der Waals surface area contributed by atoms with Crippen molar-refractivity contribution in [2.24, 2.45) is 0 Å². The highest BCUT2D eigenvalue weighted by molar-refractivity contribution is 7.08. The standard InChI is InChI=1S/C12H11F2N3OS/c1-6-3-4-7(2)8(5-6)15-12(18)10-9(11(13)14)16-17-19-10/h3-5,11H,1-2H3,(H,15,18). The van der Waals surface area contributed by atoms with Gasteiger partial charge in [-0.3, -0.25) is 4.79 Å². The summed E-state index contributed by atoms with van der Waals surface area (Å²) < 4.78 is 28.7. The maximum Gasteiger partial charge on any atom is 0.283 e. The third kappa shape index (κ3) is 2.93. The maximum atomic E-state index is 12.6. The van der Waals surface area contributed by atoms with Gasteiger partial charge in [0, 0.05) is 5.69 Å². The molecule has 19 heavy (non-hydrogen) atoms. The van der Waals surface area contributed by atoms with Gasteiger partial charge in [-0.25, -0.2) is 8.78 Å². The van der Waals surface area contributed by atoms with E-state index in [1.807, 2.05) is 26.0 Å². The van der Waals surface area contributed by atoms with E-state index in [0.717, 1.165) is 11.1 Å². The first-order valence-corrected chi connectivity index (χ1v) is 6.25. The molecule has 0 fully saturated rings. The summed E-state index contributed by atoms with van der Waals surface area (Å²) in [6.07, 6.45) is -2.81. The second kappa shape index (κ2) is 5.40. The summed E-state index contributed by atoms with van der Waals surface area (Å²) in [4.78, 5) is 11.8. The number of hydrogen-bond acceptors (Lipinski definition) is 4. The molecular weight excluding hydrogens is 272 g/mol. The van der Waals surface area contributed by atoms with Gasteiger partial charge in [-0.15, -0.1) is 5.10 Å². The molecule has 7 heteroatoms. The van der Waals surface area contributed by atoms with E-state index in [9.17, 15) is 13.6 Å². The minimum atomic E-state index is -2.81. The zero-order valence-corrected chi connectivity index (χ0v) is 11.1. The number of nitrogens with one attached hydrogen (secondary N) is 1. The Morgan fingerprint density at radius 3 is 2.79 bits per heavy atom. The molecular formula is C12H11F2N3OS. The van der Waals surface area contributed by atoms with E-state index in [0.29, 0.717) is 17.2 Å². The van der Waals surface area contributed by atoms with Crippen molar-refractivity contribution < 1.29 is 13.6 Å². The molecule has 100 valence electrons. The molecule has 0 aliphatic rings. The zero-order valence-electron chi connectivity index (χ0n) is 10.3. The smallest absolute Gasteiger partial charge is 0.283 e. The van der Waals surface area contributed by atoms with Gasteiger partial charge in [0.05, 0.1) is 0 Å². The Morgan fingerprint density at radius 1 is 1.37 bits per heavy atom. The Balaban J connectivity index is 2.26. The van der Waals surface area contributed by atoms with Crippen LogP contribution in [0, 0.1) is 13.8 Å². The molecule has 0 aliphatic carbocycles. The van der Waals surface area contributed by atoms with Crippen molar-refractivity contribution in [3.05, 3.63) is 39.9 Å². The number of benzene rings is 1. The Kier molecular flexibility index (Phi) is 3.84. The lowest BCUT2D eigenvalue weighted by atomic mass is 10.1. The van der Waals surface area contributed by atoms with Crippen LogP contribution in [0.1, 0.15) is 32.9 Å². The van der Waals surface area contributed by atoms with E-state index in [2.05, 4.69) is 14.9 Å². The van der Waals surface area contributed by atoms with Gasteiger partial charge >= 0.3 is 0 Å². The van der Waals surface area contributed by atoms with Crippen molar-refractivity contribution in [3.8, 4) is 0 Å². The molecule has 1 aromatic carbocycles. The summed E-state index contributed by atoms with van der Waals surface area (Å²) in [6, 6.07) is 5.54. The number of nitrogens with zero attached hydrogens (tertiary/aromatic N) is 2. The van der Waals surface area contributed by atoms with Crippen molar-refractivity contribution in [2.75, 3.05) is 5.32 Å². The first kappa shape index (κ1) is 13.5. The first-order chi connectivity index (χ1) is 8.99. The number of halogens is 2. The fourth-order valence-electron chi connectivity index (χ4n) is 1.55. The summed E-state index contributed by atoms with van der Waals surface area (Å²) >= 11 is 0.662. The van der Waals surface area contributed by atoms with Crippen LogP contribution in [0.25, 0.3) is 0 Å². The van der Waals surface area contributed by atoms with Gasteiger partial charge < -0.3 is 5.32 Å². The molecule has 0 atom stereocenters. The summed E-state index contributed by atoms with van der Waals surface area (Å²) in [5.41, 5.74) is 1.85. The van der Waals surface area contributed by atoms with E-state index < -0.39 is 18.0 Å². The molecule has 2 rings (SSSR count). The molecule has 1 aromatic heterocycles. The van der Waals surface area contributed by atoms with Gasteiger partial charge in [0.2, 0.25) is 0 Å². The van der Waals surface area contributed by atoms with E-state index >= 15 is 0 Å². The normalized spacial score (nSPS) is 10.8. The van der Waals surface area contributed by atoms with Crippen LogP contribution in [0.4, 0.5) is 14.5 Å². The van der Waals surface area contributed by atoms with Crippen LogP contribution in [-0.4, -0.2) is 15.5 Å². The average Bonchev–Trinajstić information content (AvgIpc) is 2.83. The maximum absolute atomic E-state index is 12.6. The molecule has 2 aromatic rings. The highest BCUT2D eigenvalue weighted by Gasteiger charge is 2.23. The third-order valence-corrected chi connectivity index (χ3v) is 3.31. The molecule has 0 spiro atoms. The molecule has 0 saturated heterocycles. The number of carbonyl (C=O) groups excluding carboxylic acids is 1. The van der Waals surface area contributed by atoms with E-state index in [1.165, 1.54) is 0 Å². The first-order valence-electron chi connectivity index (χ1n) is 5.48. The molecule has 4 nitrogen and oxygen atoms in total. The SMILES string of the molecule is Cc1ccc(C)c(NC(=O)c2snnc2C(F)F)c1. The molecule has 1 N–H and O–H groups in total. The van der Waals surface area contributed by atoms with E-state index in [4.69, 9.17) is 0 Å². The summed E-state index contributed by atoms with van der Waals surface area (Å²) in [7, 11) is 0. The van der Waals surface area contributed by atoms with Crippen LogP contribution in [0.3, 0.4) is 0 Å². The highest BCUT2D eigenvalue weighted by Crippen LogP contribution is 2.24. The van der Waals surface area contributed by atoms with Crippen molar-refractivity contribution in [1.29, 1.82) is 0 Å². The lowest BCUT2D eigenvalue weighted by Gasteiger charge is -2.08. The van der Waals surface area contributed by atoms with Crippen LogP contribution in [0.5, 0.6) is 0 Å². The predicted molar refractivity (Wildman–Crippen MR) is 68.7 cm³/mol. The molecule has 0 unspecified atom stereocenters. The Labute approximate surface area is 112 Å². The summed E-state index contributed by atoms with van der Waals surface area (Å²) in [5.74, 6) is -0.612. The van der Waals surface area contributed by atoms with Crippen LogP contribution >= 0.6 is 11.5 Å². The lowest BCUT2D eigenvalue weighted by molar-refractivity contribution is 0.101. The number of rotatable bonds is 3. The minimum Gasteiger partial charge on any atom is -0.321 e. The van der Waals surface area contributed by atoms with E-state index in [1.54, 1.807) is 6.07 Å². The van der Waals surface area contributed by atoms with Gasteiger partial charge in [0.25, 0.3) is 12.3 Å². The average molecular weight is 283 g/mol. The van der Waals surface area contributed by atoms with Gasteiger partial charge in [0.15, 0.2) is 5.69 Å². The van der Waals surface area contributed by atoms with Crippen LogP contribution < -0.4 is 5.32 Å². The third-order valence-electron chi connectivity index (χ3n) is 2.57. The number of anilines is 1. The number of aryl methyl sites for hydroxylation is 2. The van der Waals surface area contributed by atoms with Crippen molar-refractivity contribution >= 4 is 23.1 Å². The van der Waals surface area contributed by atoms with Crippen LogP contribution in [0.15, 0.2) is 18.2 Å². The van der Waals surface area contributed by atoms with E-state index in [-0.39, 0.29) is 4.88 Å². The summed E-state index contributed by atoms with van der Waals surface area (Å²) in [6.45, 7) is 3.71. The van der Waals surface area contributed by atoms with Gasteiger partial charge in [-0.05, 0) is 42.6 Å². The fraction of sp³-hybridized carbons (Fsp3) is 0.250. The van der Waals surface area contributed by atoms with Gasteiger partial charge in [0.1, 0.15) is 4.88 Å². The lowest BCUT2D eigenvalue weighted by Crippen LogP contribution is -2.13. The molecule has 0 saturated carbocycles. The van der Waals surface area contributed by atoms with Gasteiger partial charge in [-0.2, -0.15) is 0 Å². The summed E-state index contributed by atoms with van der Waals surface area (Å²) in [5, 5.41) is 5.88. The predicted octanol–water partition coefficient (Wildman–Crippen LogP) is 3.34. The largest absolute Gasteiger partial charge is 0.321 e. The number of amides is 1. The molecule has 0 radical (unpaired) electrons. The molecule has 0 bridgehead atoms. The number of aromatic nitrogens is 2. The second-order valence-corrected chi connectivity index (χ2v) is 4.81. The fourth-order valence-corrected chi connectivity index (χ4v) is 2.12. The number of alkyl halides is 2.